The average Bonchev–Trinajstić information content (AvgIpc) is 3.44. The lowest BCUT2D eigenvalue weighted by atomic mass is 9.85. The molecule has 2 aromatic carbocycles. The van der Waals surface area contributed by atoms with E-state index in [1.165, 1.54) is 6.07 Å². The fourth-order valence-corrected chi connectivity index (χ4v) is 6.15. The lowest BCUT2D eigenvalue weighted by molar-refractivity contribution is -0.137. The molecule has 0 spiro atoms. The van der Waals surface area contributed by atoms with Crippen molar-refractivity contribution in [2.75, 3.05) is 18.1 Å². The van der Waals surface area contributed by atoms with Crippen molar-refractivity contribution in [3.8, 4) is 5.75 Å². The summed E-state index contributed by atoms with van der Waals surface area (Å²) in [5.74, 6) is -0.565. The number of thiophene rings is 1. The van der Waals surface area contributed by atoms with Crippen LogP contribution in [0.4, 0.5) is 5.69 Å². The molecule has 1 atom stereocenters. The number of benzene rings is 2. The second-order valence-electron chi connectivity index (χ2n) is 9.33. The van der Waals surface area contributed by atoms with Crippen molar-refractivity contribution >= 4 is 44.1 Å². The molecule has 0 unspecified atom stereocenters. The molecule has 0 fully saturated rings. The van der Waals surface area contributed by atoms with Crippen molar-refractivity contribution in [3.05, 3.63) is 80.6 Å². The number of hydrogen-bond acceptors (Lipinski definition) is 7. The second-order valence-corrected chi connectivity index (χ2v) is 10.2. The standard InChI is InChI=1S/C27H25N5O4S/c1-15-18(3-4-21-26(15)29-30-31(21)2)19(13-25(34)35)17-11-16-7-10-37-27(16)22(12-17)32-8-9-36-23-5-6-24(33)28-20(23)14-32/h3-7,10-12,19H,8-9,13-14H2,1-2H3,(H,28,33)(H,34,35)/t19-/m1/s1. The number of aromatic nitrogens is 4. The van der Waals surface area contributed by atoms with Gasteiger partial charge >= 0.3 is 5.97 Å². The number of nitrogens with one attached hydrogen (secondary N) is 1. The van der Waals surface area contributed by atoms with Crippen molar-refractivity contribution in [2.24, 2.45) is 7.05 Å². The smallest absolute Gasteiger partial charge is 0.304 e. The van der Waals surface area contributed by atoms with Crippen LogP contribution < -0.4 is 15.2 Å². The molecule has 10 heteroatoms. The van der Waals surface area contributed by atoms with Crippen LogP contribution in [0.15, 0.2) is 52.6 Å². The third kappa shape index (κ3) is 4.13. The van der Waals surface area contributed by atoms with E-state index in [0.717, 1.165) is 49.2 Å². The monoisotopic (exact) mass is 515 g/mol. The molecular weight excluding hydrogens is 490 g/mol. The van der Waals surface area contributed by atoms with Crippen LogP contribution >= 0.6 is 11.3 Å². The van der Waals surface area contributed by atoms with Gasteiger partial charge in [0.25, 0.3) is 0 Å². The Hall–Kier alpha value is -4.18. The van der Waals surface area contributed by atoms with Crippen LogP contribution in [0.25, 0.3) is 21.1 Å². The van der Waals surface area contributed by atoms with Gasteiger partial charge in [-0.05, 0) is 64.7 Å². The first kappa shape index (κ1) is 23.2. The normalized spacial score (nSPS) is 14.4. The molecule has 1 aliphatic heterocycles. The van der Waals surface area contributed by atoms with Gasteiger partial charge in [-0.1, -0.05) is 11.3 Å². The van der Waals surface area contributed by atoms with Gasteiger partial charge in [0, 0.05) is 19.0 Å². The van der Waals surface area contributed by atoms with Crippen LogP contribution in [0.5, 0.6) is 5.75 Å². The molecule has 0 radical (unpaired) electrons. The molecule has 188 valence electrons. The molecule has 0 amide bonds. The molecule has 5 aromatic rings. The lowest BCUT2D eigenvalue weighted by Gasteiger charge is -2.26. The van der Waals surface area contributed by atoms with E-state index >= 15 is 0 Å². The maximum atomic E-state index is 12.1. The summed E-state index contributed by atoms with van der Waals surface area (Å²) >= 11 is 1.64. The Kier molecular flexibility index (Phi) is 5.68. The summed E-state index contributed by atoms with van der Waals surface area (Å²) in [7, 11) is 1.84. The van der Waals surface area contributed by atoms with Gasteiger partial charge in [-0.25, -0.2) is 4.68 Å². The maximum absolute atomic E-state index is 12.1. The number of H-pyrrole nitrogens is 1. The molecule has 0 bridgehead atoms. The van der Waals surface area contributed by atoms with E-state index in [4.69, 9.17) is 4.74 Å². The Morgan fingerprint density at radius 2 is 2.11 bits per heavy atom. The van der Waals surface area contributed by atoms with Crippen LogP contribution in [0.2, 0.25) is 0 Å². The molecule has 6 rings (SSSR count). The Morgan fingerprint density at radius 1 is 1.24 bits per heavy atom. The van der Waals surface area contributed by atoms with Crippen molar-refractivity contribution < 1.29 is 14.6 Å². The number of carboxylic acid groups (broad SMARTS) is 1. The van der Waals surface area contributed by atoms with Gasteiger partial charge in [-0.15, -0.1) is 16.4 Å². The van der Waals surface area contributed by atoms with Gasteiger partial charge in [-0.3, -0.25) is 9.59 Å². The fraction of sp³-hybridized carbons (Fsp3) is 0.259. The number of carbonyl (C=O) groups is 1. The van der Waals surface area contributed by atoms with Gasteiger partial charge in [0.05, 0.1) is 41.1 Å². The zero-order valence-electron chi connectivity index (χ0n) is 20.4. The first-order chi connectivity index (χ1) is 17.9. The number of pyridine rings is 1. The summed E-state index contributed by atoms with van der Waals surface area (Å²) in [6, 6.07) is 13.4. The van der Waals surface area contributed by atoms with E-state index in [1.54, 1.807) is 22.1 Å². The van der Waals surface area contributed by atoms with Crippen LogP contribution in [-0.2, 0) is 18.4 Å². The first-order valence-electron chi connectivity index (χ1n) is 12.0. The SMILES string of the molecule is Cc1c([C@H](CC(=O)O)c2cc(N3CCOc4ccc(=O)[nH]c4C3)c3sccc3c2)ccc2c1nnn2C. The van der Waals surface area contributed by atoms with Crippen LogP contribution in [-0.4, -0.2) is 44.2 Å². The topological polar surface area (TPSA) is 113 Å². The zero-order chi connectivity index (χ0) is 25.7. The number of aryl methyl sites for hydroxylation is 2. The van der Waals surface area contributed by atoms with E-state index in [2.05, 4.69) is 38.4 Å². The Morgan fingerprint density at radius 3 is 2.95 bits per heavy atom. The molecule has 9 nitrogen and oxygen atoms in total. The van der Waals surface area contributed by atoms with E-state index in [9.17, 15) is 14.7 Å². The molecule has 4 heterocycles. The number of anilines is 1. The highest BCUT2D eigenvalue weighted by molar-refractivity contribution is 7.17. The number of ether oxygens (including phenoxy) is 1. The van der Waals surface area contributed by atoms with Crippen LogP contribution in [0.1, 0.15) is 34.7 Å². The van der Waals surface area contributed by atoms with E-state index < -0.39 is 5.97 Å². The number of carboxylic acids is 1. The lowest BCUT2D eigenvalue weighted by Crippen LogP contribution is -2.26. The summed E-state index contributed by atoms with van der Waals surface area (Å²) in [4.78, 5) is 29.2. The quantitative estimate of drug-likeness (QED) is 0.361. The Balaban J connectivity index is 1.49. The van der Waals surface area contributed by atoms with Gasteiger partial charge in [0.2, 0.25) is 5.56 Å². The van der Waals surface area contributed by atoms with Crippen molar-refractivity contribution in [2.45, 2.75) is 25.8 Å². The minimum Gasteiger partial charge on any atom is -0.490 e. The fourth-order valence-electron chi connectivity index (χ4n) is 5.23. The minimum atomic E-state index is -0.870. The molecule has 37 heavy (non-hydrogen) atoms. The highest BCUT2D eigenvalue weighted by Gasteiger charge is 2.25. The largest absolute Gasteiger partial charge is 0.490 e. The minimum absolute atomic E-state index is 0.0546. The first-order valence-corrected chi connectivity index (χ1v) is 12.9. The molecular formula is C27H25N5O4S. The van der Waals surface area contributed by atoms with Crippen molar-refractivity contribution in [1.29, 1.82) is 0 Å². The van der Waals surface area contributed by atoms with Crippen LogP contribution in [0, 0.1) is 6.92 Å². The third-order valence-electron chi connectivity index (χ3n) is 7.06. The Labute approximate surface area is 215 Å². The Bertz CT molecular complexity index is 1720. The van der Waals surface area contributed by atoms with Gasteiger partial charge < -0.3 is 19.7 Å². The molecule has 2 N–H and O–H groups in total. The van der Waals surface area contributed by atoms with E-state index in [0.29, 0.717) is 25.4 Å². The highest BCUT2D eigenvalue weighted by atomic mass is 32.1. The van der Waals surface area contributed by atoms with Crippen LogP contribution in [0.3, 0.4) is 0 Å². The molecule has 0 saturated carbocycles. The van der Waals surface area contributed by atoms with Crippen molar-refractivity contribution in [3.63, 3.8) is 0 Å². The summed E-state index contributed by atoms with van der Waals surface area (Å²) in [5.41, 5.74) is 6.00. The molecule has 1 aliphatic rings. The van der Waals surface area contributed by atoms with Gasteiger partial charge in [0.1, 0.15) is 17.9 Å². The number of rotatable bonds is 5. The average molecular weight is 516 g/mol. The van der Waals surface area contributed by atoms with Gasteiger partial charge in [-0.2, -0.15) is 0 Å². The van der Waals surface area contributed by atoms with E-state index in [-0.39, 0.29) is 17.9 Å². The predicted octanol–water partition coefficient (Wildman–Crippen LogP) is 4.19. The second kappa shape index (κ2) is 9.04. The predicted molar refractivity (Wildman–Crippen MR) is 143 cm³/mol. The number of aromatic amines is 1. The van der Waals surface area contributed by atoms with E-state index in [1.807, 2.05) is 31.5 Å². The number of fused-ring (bicyclic) bond motifs is 3. The number of hydrogen-bond donors (Lipinski definition) is 2. The summed E-state index contributed by atoms with van der Waals surface area (Å²) in [6.45, 7) is 3.55. The summed E-state index contributed by atoms with van der Waals surface area (Å²) in [6.07, 6.45) is -0.0546. The zero-order valence-corrected chi connectivity index (χ0v) is 21.2. The van der Waals surface area contributed by atoms with Crippen molar-refractivity contribution in [1.82, 2.24) is 20.0 Å². The third-order valence-corrected chi connectivity index (χ3v) is 8.01. The molecule has 0 saturated heterocycles. The molecule has 0 aliphatic carbocycles. The summed E-state index contributed by atoms with van der Waals surface area (Å²) in [5, 5.41) is 21.5. The molecule has 3 aromatic heterocycles. The van der Waals surface area contributed by atoms with Gasteiger partial charge in [0.15, 0.2) is 0 Å². The summed E-state index contributed by atoms with van der Waals surface area (Å²) < 4.78 is 8.74. The maximum Gasteiger partial charge on any atom is 0.304 e. The number of aliphatic carboxylic acids is 1. The highest BCUT2D eigenvalue weighted by Crippen LogP contribution is 2.40. The number of nitrogens with zero attached hydrogens (tertiary/aromatic N) is 4.